The number of nitrogens with zero attached hydrogens (tertiary/aromatic N) is 2. The Balaban J connectivity index is 2.12. The van der Waals surface area contributed by atoms with Crippen LogP contribution in [-0.4, -0.2) is 9.55 Å². The van der Waals surface area contributed by atoms with Gasteiger partial charge in [-0.25, -0.2) is 8.84 Å². The lowest BCUT2D eigenvalue weighted by Crippen LogP contribution is -2.01. The van der Waals surface area contributed by atoms with Crippen LogP contribution in [0.25, 0.3) is 22.4 Å². The predicted molar refractivity (Wildman–Crippen MR) is 98.7 cm³/mol. The molecule has 3 rings (SSSR count). The molecule has 0 bridgehead atoms. The second-order valence-electron chi connectivity index (χ2n) is 4.80. The predicted octanol–water partition coefficient (Wildman–Crippen LogP) is 4.61. The third-order valence-corrected chi connectivity index (χ3v) is 5.39. The van der Waals surface area contributed by atoms with E-state index in [4.69, 9.17) is 5.73 Å². The highest BCUT2D eigenvalue weighted by Crippen LogP contribution is 2.34. The van der Waals surface area contributed by atoms with Crippen LogP contribution in [0.1, 0.15) is 5.56 Å². The number of aromatic nitrogens is 2. The minimum Gasteiger partial charge on any atom is -0.326 e. The van der Waals surface area contributed by atoms with Gasteiger partial charge in [0.25, 0.3) is 0 Å². The molecule has 1 heterocycles. The maximum atomic E-state index is 13.1. The van der Waals surface area contributed by atoms with Gasteiger partial charge in [-0.1, -0.05) is 24.3 Å². The highest BCUT2D eigenvalue weighted by atomic mass is 127. The third kappa shape index (κ3) is 3.07. The van der Waals surface area contributed by atoms with E-state index in [1.54, 1.807) is 18.3 Å². The average molecular weight is 425 g/mol. The fourth-order valence-electron chi connectivity index (χ4n) is 2.39. The Labute approximate surface area is 143 Å². The van der Waals surface area contributed by atoms with Crippen molar-refractivity contribution < 1.29 is 4.39 Å². The van der Waals surface area contributed by atoms with Gasteiger partial charge < -0.3 is 5.73 Å². The molecule has 2 aromatic carbocycles. The summed E-state index contributed by atoms with van der Waals surface area (Å²) in [6.07, 6.45) is 2.32. The van der Waals surface area contributed by atoms with Crippen LogP contribution in [0, 0.1) is 5.82 Å². The van der Waals surface area contributed by atoms with Crippen molar-refractivity contribution in [1.29, 1.82) is 0 Å². The van der Waals surface area contributed by atoms with Crippen LogP contribution in [-0.2, 0) is 6.54 Å². The molecule has 3 aromatic rings. The molecule has 3 nitrogen and oxygen atoms in total. The Morgan fingerprint density at radius 2 is 1.82 bits per heavy atom. The normalized spacial score (nSPS) is 11.4. The first-order valence-corrected chi connectivity index (χ1v) is 10.8. The number of benzene rings is 2. The van der Waals surface area contributed by atoms with E-state index in [1.807, 2.05) is 22.7 Å². The molecule has 0 fully saturated rings. The summed E-state index contributed by atoms with van der Waals surface area (Å²) in [7, 11) is 0. The van der Waals surface area contributed by atoms with E-state index in [2.05, 4.69) is 33.2 Å². The molecule has 0 aliphatic rings. The van der Waals surface area contributed by atoms with Gasteiger partial charge in [0.05, 0.1) is 12.1 Å². The van der Waals surface area contributed by atoms with Gasteiger partial charge in [-0.3, -0.25) is 0 Å². The lowest BCUT2D eigenvalue weighted by molar-refractivity contribution is 0.628. The molecule has 0 saturated heterocycles. The standard InChI is InChI=1S/C16H14FIN3P/c17-14-5-3-11(4-6-14)12-1-2-13(10-19)15(9-12)16-7-8-20-21(16)22-18/h1-9,22H,10,19H2. The number of halogens is 2. The molecule has 112 valence electrons. The Morgan fingerprint density at radius 1 is 1.09 bits per heavy atom. The minimum atomic E-state index is -0.230. The molecule has 1 unspecified atom stereocenters. The summed E-state index contributed by atoms with van der Waals surface area (Å²) >= 11 is 2.31. The van der Waals surface area contributed by atoms with E-state index < -0.39 is 0 Å². The third-order valence-electron chi connectivity index (χ3n) is 3.51. The monoisotopic (exact) mass is 425 g/mol. The largest absolute Gasteiger partial charge is 0.326 e. The van der Waals surface area contributed by atoms with Crippen LogP contribution in [0.5, 0.6) is 0 Å². The molecule has 1 aromatic heterocycles. The van der Waals surface area contributed by atoms with Crippen molar-refractivity contribution in [3.05, 3.63) is 66.1 Å². The summed E-state index contributed by atoms with van der Waals surface area (Å²) in [6.45, 7) is 0.467. The lowest BCUT2D eigenvalue weighted by Gasteiger charge is -2.12. The van der Waals surface area contributed by atoms with Crippen molar-refractivity contribution in [3.8, 4) is 22.4 Å². The van der Waals surface area contributed by atoms with Gasteiger partial charge in [0.15, 0.2) is 0 Å². The first-order chi connectivity index (χ1) is 10.7. The number of rotatable bonds is 4. The molecule has 0 amide bonds. The van der Waals surface area contributed by atoms with Gasteiger partial charge in [-0.15, -0.1) is 0 Å². The highest BCUT2D eigenvalue weighted by molar-refractivity contribution is 14.2. The SMILES string of the molecule is NCc1ccc(-c2ccc(F)cc2)cc1-c1ccnn1PI. The molecule has 6 heteroatoms. The second kappa shape index (κ2) is 6.86. The molecule has 0 aliphatic carbocycles. The van der Waals surface area contributed by atoms with E-state index in [9.17, 15) is 4.39 Å². The van der Waals surface area contributed by atoms with Crippen molar-refractivity contribution in [2.75, 3.05) is 0 Å². The van der Waals surface area contributed by atoms with Gasteiger partial charge in [0.2, 0.25) is 0 Å². The maximum Gasteiger partial charge on any atom is 0.123 e. The van der Waals surface area contributed by atoms with Crippen LogP contribution in [0.3, 0.4) is 0 Å². The summed E-state index contributed by atoms with van der Waals surface area (Å²) in [5.74, 6) is -0.230. The molecule has 1 atom stereocenters. The van der Waals surface area contributed by atoms with Gasteiger partial charge in [-0.05, 0) is 63.0 Å². The van der Waals surface area contributed by atoms with Crippen molar-refractivity contribution in [3.63, 3.8) is 0 Å². The average Bonchev–Trinajstić information content (AvgIpc) is 3.03. The summed E-state index contributed by atoms with van der Waals surface area (Å²) in [6, 6.07) is 14.7. The van der Waals surface area contributed by atoms with Gasteiger partial charge in [0, 0.05) is 18.3 Å². The van der Waals surface area contributed by atoms with Crippen molar-refractivity contribution in [2.45, 2.75) is 6.54 Å². The summed E-state index contributed by atoms with van der Waals surface area (Å²) < 4.78 is 15.1. The Bertz CT molecular complexity index is 786. The first kappa shape index (κ1) is 15.6. The summed E-state index contributed by atoms with van der Waals surface area (Å²) in [4.78, 5) is 0. The van der Waals surface area contributed by atoms with E-state index in [-0.39, 0.29) is 5.82 Å². The Kier molecular flexibility index (Phi) is 4.86. The topological polar surface area (TPSA) is 43.8 Å². The lowest BCUT2D eigenvalue weighted by atomic mass is 9.97. The number of hydrogen-bond acceptors (Lipinski definition) is 2. The van der Waals surface area contributed by atoms with E-state index >= 15 is 0 Å². The van der Waals surface area contributed by atoms with Crippen molar-refractivity contribution in [1.82, 2.24) is 9.55 Å². The zero-order chi connectivity index (χ0) is 15.5. The maximum absolute atomic E-state index is 13.1. The molecular formula is C16H14FIN3P. The van der Waals surface area contributed by atoms with Crippen molar-refractivity contribution in [2.24, 2.45) is 5.73 Å². The van der Waals surface area contributed by atoms with Gasteiger partial charge in [-0.2, -0.15) is 5.10 Å². The fourth-order valence-corrected chi connectivity index (χ4v) is 3.94. The highest BCUT2D eigenvalue weighted by Gasteiger charge is 2.11. The van der Waals surface area contributed by atoms with Crippen LogP contribution in [0.15, 0.2) is 54.7 Å². The number of hydrogen-bond donors (Lipinski definition) is 1. The van der Waals surface area contributed by atoms with Crippen LogP contribution < -0.4 is 5.73 Å². The fraction of sp³-hybridized carbons (Fsp3) is 0.0625. The van der Waals surface area contributed by atoms with Crippen LogP contribution in [0.2, 0.25) is 0 Å². The smallest absolute Gasteiger partial charge is 0.123 e. The van der Waals surface area contributed by atoms with E-state index in [1.165, 1.54) is 12.1 Å². The van der Waals surface area contributed by atoms with Crippen molar-refractivity contribution >= 4 is 28.4 Å². The Morgan fingerprint density at radius 3 is 2.50 bits per heavy atom. The molecule has 0 aliphatic heterocycles. The van der Waals surface area contributed by atoms with E-state index in [0.717, 1.165) is 27.9 Å². The zero-order valence-electron chi connectivity index (χ0n) is 11.6. The Hall–Kier alpha value is -1.30. The molecule has 0 saturated carbocycles. The molecule has 22 heavy (non-hydrogen) atoms. The zero-order valence-corrected chi connectivity index (χ0v) is 14.8. The summed E-state index contributed by atoms with van der Waals surface area (Å²) in [5, 5.41) is 4.33. The summed E-state index contributed by atoms with van der Waals surface area (Å²) in [5.41, 5.74) is 11.1. The first-order valence-electron chi connectivity index (χ1n) is 6.73. The molecule has 2 N–H and O–H groups in total. The number of nitrogens with two attached hydrogens (primary N) is 1. The molecule has 0 radical (unpaired) electrons. The molecular weight excluding hydrogens is 411 g/mol. The van der Waals surface area contributed by atoms with Crippen LogP contribution in [0.4, 0.5) is 4.39 Å². The quantitative estimate of drug-likeness (QED) is 0.491. The van der Waals surface area contributed by atoms with Gasteiger partial charge >= 0.3 is 0 Å². The minimum absolute atomic E-state index is 0.230. The van der Waals surface area contributed by atoms with E-state index in [0.29, 0.717) is 12.9 Å². The van der Waals surface area contributed by atoms with Crippen LogP contribution >= 0.6 is 28.4 Å². The molecule has 0 spiro atoms. The van der Waals surface area contributed by atoms with Gasteiger partial charge in [0.1, 0.15) is 5.82 Å². The second-order valence-corrected chi connectivity index (χ2v) is 6.84.